The molecule has 1 N–H and O–H groups in total. The first-order chi connectivity index (χ1) is 30.9. The minimum atomic E-state index is 0.0165. The molecule has 8 fully saturated rings. The molecule has 0 saturated heterocycles. The molecule has 9 rings (SSSR count). The van der Waals surface area contributed by atoms with E-state index in [-0.39, 0.29) is 18.2 Å². The first-order valence-corrected chi connectivity index (χ1v) is 27.5. The third-order valence-corrected chi connectivity index (χ3v) is 22.7. The molecule has 1 aromatic heterocycles. The zero-order chi connectivity index (χ0) is 46.6. The quantitative estimate of drug-likeness (QED) is 0.223. The molecular formula is C57H95N3O5. The number of fused-ring (bicyclic) bond motifs is 10. The van der Waals surface area contributed by atoms with Crippen molar-refractivity contribution in [1.82, 2.24) is 15.5 Å². The fourth-order valence-electron chi connectivity index (χ4n) is 19.1. The van der Waals surface area contributed by atoms with E-state index in [9.17, 15) is 9.59 Å². The number of Topliss-reactive ketones (excluding diaryl/α,β-unsaturated/α-hetero) is 1. The molecule has 1 heterocycles. The molecule has 0 spiro atoms. The van der Waals surface area contributed by atoms with Gasteiger partial charge in [0.25, 0.3) is 0 Å². The van der Waals surface area contributed by atoms with Gasteiger partial charge in [0, 0.05) is 34.0 Å². The molecule has 8 saturated carbocycles. The minimum absolute atomic E-state index is 0.0165. The summed E-state index contributed by atoms with van der Waals surface area (Å²) in [4.78, 5) is 23.4. The lowest BCUT2D eigenvalue weighted by Gasteiger charge is -2.63. The van der Waals surface area contributed by atoms with Gasteiger partial charge >= 0.3 is 0 Å². The second-order valence-electron chi connectivity index (χ2n) is 25.9. The Kier molecular flexibility index (Phi) is 14.9. The molecule has 0 aromatic carbocycles. The number of nitrogens with one attached hydrogen (secondary N) is 1. The Balaban J connectivity index is 0.000000177. The van der Waals surface area contributed by atoms with Gasteiger partial charge in [-0.3, -0.25) is 9.59 Å². The van der Waals surface area contributed by atoms with Gasteiger partial charge in [0.1, 0.15) is 5.78 Å². The number of aryl methyl sites for hydroxylation is 2. The van der Waals surface area contributed by atoms with Crippen LogP contribution in [0, 0.1) is 111 Å². The van der Waals surface area contributed by atoms with E-state index in [0.29, 0.717) is 69.9 Å². The van der Waals surface area contributed by atoms with Crippen molar-refractivity contribution in [2.75, 3.05) is 20.8 Å². The molecule has 8 nitrogen and oxygen atoms in total. The third kappa shape index (κ3) is 9.24. The van der Waals surface area contributed by atoms with Crippen LogP contribution in [0.15, 0.2) is 4.42 Å². The Morgan fingerprint density at radius 2 is 1.12 bits per heavy atom. The lowest BCUT2D eigenvalue weighted by Crippen LogP contribution is -2.58. The van der Waals surface area contributed by atoms with Gasteiger partial charge in [-0.15, -0.1) is 10.2 Å². The Morgan fingerprint density at radius 3 is 1.57 bits per heavy atom. The van der Waals surface area contributed by atoms with Gasteiger partial charge in [-0.05, 0) is 214 Å². The van der Waals surface area contributed by atoms with Crippen molar-refractivity contribution >= 4 is 11.7 Å². The molecule has 8 heteroatoms. The van der Waals surface area contributed by atoms with E-state index in [1.54, 1.807) is 0 Å². The number of aromatic nitrogens is 2. The van der Waals surface area contributed by atoms with Crippen molar-refractivity contribution in [2.24, 2.45) is 105 Å². The molecule has 0 aliphatic heterocycles. The first-order valence-electron chi connectivity index (χ1n) is 27.5. The molecule has 368 valence electrons. The molecule has 65 heavy (non-hydrogen) atoms. The number of nitrogens with zero attached hydrogens (tertiary/aromatic N) is 2. The second-order valence-corrected chi connectivity index (χ2v) is 25.9. The molecular weight excluding hydrogens is 807 g/mol. The number of ether oxygens (including phenoxy) is 2. The summed E-state index contributed by atoms with van der Waals surface area (Å²) < 4.78 is 18.3. The van der Waals surface area contributed by atoms with Crippen molar-refractivity contribution < 1.29 is 23.5 Å². The maximum Gasteiger partial charge on any atom is 0.220 e. The largest absolute Gasteiger partial charge is 0.426 e. The first kappa shape index (κ1) is 49.6. The number of hydrogen-bond acceptors (Lipinski definition) is 7. The van der Waals surface area contributed by atoms with Crippen LogP contribution in [0.25, 0.3) is 0 Å². The monoisotopic (exact) mass is 902 g/mol. The predicted octanol–water partition coefficient (Wildman–Crippen LogP) is 12.9. The summed E-state index contributed by atoms with van der Waals surface area (Å²) in [6.45, 7) is 23.9. The summed E-state index contributed by atoms with van der Waals surface area (Å²) in [7, 11) is 3.97. The fourth-order valence-corrected chi connectivity index (χ4v) is 19.1. The Hall–Kier alpha value is -1.80. The van der Waals surface area contributed by atoms with E-state index in [1.165, 1.54) is 110 Å². The van der Waals surface area contributed by atoms with Gasteiger partial charge in [-0.25, -0.2) is 0 Å². The van der Waals surface area contributed by atoms with Crippen LogP contribution in [-0.4, -0.2) is 54.9 Å². The number of carbonyl (C=O) groups excluding carboxylic acids is 2. The van der Waals surface area contributed by atoms with Crippen LogP contribution in [0.4, 0.5) is 0 Å². The Labute approximate surface area is 396 Å². The molecule has 8 aliphatic rings. The zero-order valence-corrected chi connectivity index (χ0v) is 43.5. The van der Waals surface area contributed by atoms with Gasteiger partial charge in [0.15, 0.2) is 0 Å². The molecule has 8 aliphatic carbocycles. The average Bonchev–Trinajstić information content (AvgIpc) is 3.97. The summed E-state index contributed by atoms with van der Waals surface area (Å²) in [5.74, 6) is 12.5. The van der Waals surface area contributed by atoms with Crippen LogP contribution >= 0.6 is 0 Å². The molecule has 1 amide bonds. The molecule has 0 radical (unpaired) electrons. The maximum atomic E-state index is 12.2. The highest BCUT2D eigenvalue weighted by Gasteiger charge is 2.65. The Morgan fingerprint density at radius 1 is 0.662 bits per heavy atom. The minimum Gasteiger partial charge on any atom is -0.426 e. The summed E-state index contributed by atoms with van der Waals surface area (Å²) in [6.07, 6.45) is 26.5. The number of rotatable bonds is 12. The van der Waals surface area contributed by atoms with Gasteiger partial charge < -0.3 is 19.2 Å². The number of ketones is 1. The molecule has 0 bridgehead atoms. The zero-order valence-electron chi connectivity index (χ0n) is 43.5. The highest BCUT2D eigenvalue weighted by atomic mass is 16.5. The Bertz CT molecular complexity index is 1800. The fraction of sp³-hybridized carbons (Fsp3) is 0.930. The standard InChI is InChI=1S/C29H49NO3.C28H46N2O2/c1-18-11-13-28(4)21(15-18)16-25(33-6)27-23-9-8-22(29(23,5)14-12-24(27)28)19(2)7-10-26(32)30-17-20(3)31;1-17-11-13-27(4)20(15-17)16-24(31-6)26-22-9-8-21(28(22,5)14-12-23(26)27)18(2)7-10-25-30-29-19(3)32-25/h18-19,21-25,27H,7-17H2,1-6H3,(H,30,32);17-18,20-24,26H,7-16H2,1-6H3/t18-,19-,21+,22-,23+,24+,25-,27+,28+,29-;17-,18-,20+,21-,22+,23+,24-,26+,27+,28-/m11/s1. The van der Waals surface area contributed by atoms with Crippen molar-refractivity contribution in [3.63, 3.8) is 0 Å². The van der Waals surface area contributed by atoms with Crippen molar-refractivity contribution in [3.05, 3.63) is 11.8 Å². The van der Waals surface area contributed by atoms with Gasteiger partial charge in [-0.2, -0.15) is 0 Å². The molecule has 20 atom stereocenters. The van der Waals surface area contributed by atoms with E-state index < -0.39 is 0 Å². The summed E-state index contributed by atoms with van der Waals surface area (Å²) in [5.41, 5.74) is 1.89. The van der Waals surface area contributed by atoms with Crippen LogP contribution in [0.5, 0.6) is 0 Å². The number of methoxy groups -OCH3 is 2. The van der Waals surface area contributed by atoms with E-state index >= 15 is 0 Å². The normalized spacial score (nSPS) is 46.2. The SMILES string of the molecule is CO[C@@H]1C[C@@H]2C[C@H](C)CC[C@]2(C)[C@H]2CC[C@]3(C)[C@@H]([C@H](C)CCC(=O)NCC(C)=O)CC[C@H]3[C@H]12.CO[C@@H]1C[C@@H]2C[C@H](C)CC[C@]2(C)[C@H]2CC[C@]3(C)[C@@H]([C@H](C)CCc4nnc(C)o4)CC[C@H]3[C@H]12. The smallest absolute Gasteiger partial charge is 0.220 e. The molecule has 1 aromatic rings. The highest BCUT2D eigenvalue weighted by molar-refractivity contribution is 5.84. The lowest BCUT2D eigenvalue weighted by molar-refractivity contribution is -0.176. The highest BCUT2D eigenvalue weighted by Crippen LogP contribution is 2.71. The maximum absolute atomic E-state index is 12.2. The van der Waals surface area contributed by atoms with E-state index in [2.05, 4.69) is 70.9 Å². The average molecular weight is 902 g/mol. The van der Waals surface area contributed by atoms with E-state index in [4.69, 9.17) is 13.9 Å². The van der Waals surface area contributed by atoms with Crippen molar-refractivity contribution in [2.45, 2.75) is 210 Å². The van der Waals surface area contributed by atoms with Crippen LogP contribution in [0.2, 0.25) is 0 Å². The number of amides is 1. The number of hydrogen-bond donors (Lipinski definition) is 1. The summed E-state index contributed by atoms with van der Waals surface area (Å²) in [6, 6.07) is 0. The van der Waals surface area contributed by atoms with Crippen LogP contribution in [0.3, 0.4) is 0 Å². The van der Waals surface area contributed by atoms with Gasteiger partial charge in [-0.1, -0.05) is 68.2 Å². The van der Waals surface area contributed by atoms with Crippen LogP contribution in [0.1, 0.15) is 196 Å². The van der Waals surface area contributed by atoms with Gasteiger partial charge in [0.2, 0.25) is 17.7 Å². The van der Waals surface area contributed by atoms with E-state index in [0.717, 1.165) is 84.3 Å². The summed E-state index contributed by atoms with van der Waals surface area (Å²) in [5, 5.41) is 11.0. The topological polar surface area (TPSA) is 104 Å². The second kappa shape index (κ2) is 19.5. The van der Waals surface area contributed by atoms with E-state index in [1.807, 2.05) is 21.1 Å². The molecule has 0 unspecified atom stereocenters. The van der Waals surface area contributed by atoms with Crippen LogP contribution in [-0.2, 0) is 25.5 Å². The van der Waals surface area contributed by atoms with Crippen LogP contribution < -0.4 is 5.32 Å². The van der Waals surface area contributed by atoms with Gasteiger partial charge in [0.05, 0.1) is 18.8 Å². The summed E-state index contributed by atoms with van der Waals surface area (Å²) >= 11 is 0. The lowest BCUT2D eigenvalue weighted by atomic mass is 9.43. The van der Waals surface area contributed by atoms with Crippen molar-refractivity contribution in [1.29, 1.82) is 0 Å². The van der Waals surface area contributed by atoms with Crippen molar-refractivity contribution in [3.8, 4) is 0 Å². The predicted molar refractivity (Wildman–Crippen MR) is 260 cm³/mol. The number of carbonyl (C=O) groups is 2. The third-order valence-electron chi connectivity index (χ3n) is 22.7.